The van der Waals surface area contributed by atoms with Gasteiger partial charge in [-0.2, -0.15) is 0 Å². The van der Waals surface area contributed by atoms with Crippen molar-refractivity contribution in [2.45, 2.75) is 37.6 Å². The number of nitrogens with zero attached hydrogens (tertiary/aromatic N) is 4. The molecule has 3 saturated heterocycles. The highest BCUT2D eigenvalue weighted by Gasteiger charge is 2.59. The number of benzene rings is 1. The van der Waals surface area contributed by atoms with Crippen molar-refractivity contribution in [3.63, 3.8) is 0 Å². The molecule has 1 aromatic rings. The number of amides is 2. The summed E-state index contributed by atoms with van der Waals surface area (Å²) in [6.07, 6.45) is 4.87. The summed E-state index contributed by atoms with van der Waals surface area (Å²) in [6, 6.07) is 8.74. The molecule has 6 nitrogen and oxygen atoms in total. The number of fused-ring (bicyclic) bond motifs is 1. The van der Waals surface area contributed by atoms with Crippen LogP contribution in [0.4, 0.5) is 10.5 Å². The third-order valence-electron chi connectivity index (χ3n) is 7.67. The van der Waals surface area contributed by atoms with Crippen molar-refractivity contribution < 1.29 is 9.59 Å². The van der Waals surface area contributed by atoms with Gasteiger partial charge < -0.3 is 14.7 Å². The molecule has 0 aromatic heterocycles. The van der Waals surface area contributed by atoms with Gasteiger partial charge in [0.1, 0.15) is 5.78 Å². The van der Waals surface area contributed by atoms with Crippen molar-refractivity contribution in [1.29, 1.82) is 0 Å². The van der Waals surface area contributed by atoms with Crippen LogP contribution in [0.3, 0.4) is 0 Å². The second kappa shape index (κ2) is 6.59. The van der Waals surface area contributed by atoms with Gasteiger partial charge in [0.2, 0.25) is 0 Å². The number of hydrogen-bond donors (Lipinski definition) is 0. The maximum atomic E-state index is 13.7. The molecule has 0 N–H and O–H groups in total. The third-order valence-corrected chi connectivity index (χ3v) is 7.67. The molecule has 0 radical (unpaired) electrons. The third kappa shape index (κ3) is 2.58. The Morgan fingerprint density at radius 2 is 1.83 bits per heavy atom. The summed E-state index contributed by atoms with van der Waals surface area (Å²) < 4.78 is 0. The average Bonchev–Trinajstić information content (AvgIpc) is 3.13. The quantitative estimate of drug-likeness (QED) is 0.724. The number of carbonyl (C=O) groups is 2. The van der Waals surface area contributed by atoms with E-state index in [-0.39, 0.29) is 6.03 Å². The Kier molecular flexibility index (Phi) is 4.24. The topological polar surface area (TPSA) is 47.1 Å². The standard InChI is InChI=1S/C23H30N4O2/c1-4-16-13-26-10-9-23(20(26)11-17(16)12-21(23)28)18-7-5-6-8-19(18)27-14-24(2)22(29)25(3)15-27/h4-8,17,20H,9-15H2,1-3H3/b16-4-/t17-,20+,23-/m1/s1. The van der Waals surface area contributed by atoms with Gasteiger partial charge >= 0.3 is 6.03 Å². The van der Waals surface area contributed by atoms with E-state index >= 15 is 0 Å². The van der Waals surface area contributed by atoms with Gasteiger partial charge in [-0.1, -0.05) is 29.8 Å². The van der Waals surface area contributed by atoms with Gasteiger partial charge in [-0.05, 0) is 37.3 Å². The fraction of sp³-hybridized carbons (Fsp3) is 0.565. The second-order valence-electron chi connectivity index (χ2n) is 9.15. The maximum Gasteiger partial charge on any atom is 0.322 e. The average molecular weight is 395 g/mol. The summed E-state index contributed by atoms with van der Waals surface area (Å²) in [4.78, 5) is 34.2. The molecule has 154 valence electrons. The van der Waals surface area contributed by atoms with E-state index in [1.807, 2.05) is 20.2 Å². The van der Waals surface area contributed by atoms with Crippen LogP contribution in [0.1, 0.15) is 31.7 Å². The Bertz CT molecular complexity index is 883. The zero-order valence-corrected chi connectivity index (χ0v) is 17.6. The molecule has 1 aromatic carbocycles. The summed E-state index contributed by atoms with van der Waals surface area (Å²) in [5.41, 5.74) is 3.29. The molecule has 3 aliphatic heterocycles. The molecular formula is C23H30N4O2. The number of anilines is 1. The number of para-hydroxylation sites is 1. The number of Topliss-reactive ketones (excluding diaryl/α,β-unsaturated/α-hetero) is 1. The Labute approximate surface area is 172 Å². The molecule has 1 saturated carbocycles. The van der Waals surface area contributed by atoms with Crippen molar-refractivity contribution in [3.05, 3.63) is 41.5 Å². The van der Waals surface area contributed by atoms with Gasteiger partial charge in [-0.3, -0.25) is 9.69 Å². The molecule has 4 fully saturated rings. The van der Waals surface area contributed by atoms with E-state index in [4.69, 9.17) is 0 Å². The minimum absolute atomic E-state index is 0.0340. The van der Waals surface area contributed by atoms with E-state index < -0.39 is 5.41 Å². The van der Waals surface area contributed by atoms with E-state index in [1.54, 1.807) is 9.80 Å². The van der Waals surface area contributed by atoms with Gasteiger partial charge in [0.15, 0.2) is 0 Å². The molecule has 29 heavy (non-hydrogen) atoms. The molecule has 0 unspecified atom stereocenters. The van der Waals surface area contributed by atoms with Gasteiger partial charge in [0.05, 0.1) is 18.8 Å². The van der Waals surface area contributed by atoms with Gasteiger partial charge in [0.25, 0.3) is 0 Å². The van der Waals surface area contributed by atoms with Crippen LogP contribution in [0.15, 0.2) is 35.9 Å². The first-order valence-corrected chi connectivity index (χ1v) is 10.7. The Balaban J connectivity index is 1.57. The summed E-state index contributed by atoms with van der Waals surface area (Å²) in [6.45, 7) is 5.19. The number of hydrogen-bond acceptors (Lipinski definition) is 4. The normalized spacial score (nSPS) is 33.8. The van der Waals surface area contributed by atoms with Crippen LogP contribution in [-0.2, 0) is 10.2 Å². The predicted octanol–water partition coefficient (Wildman–Crippen LogP) is 2.66. The molecule has 0 spiro atoms. The lowest BCUT2D eigenvalue weighted by molar-refractivity contribution is -0.129. The number of rotatable bonds is 2. The highest BCUT2D eigenvalue weighted by Crippen LogP contribution is 2.54. The minimum atomic E-state index is -0.412. The first kappa shape index (κ1) is 18.7. The lowest BCUT2D eigenvalue weighted by Gasteiger charge is -2.50. The molecule has 6 heteroatoms. The number of piperidine rings is 1. The first-order valence-electron chi connectivity index (χ1n) is 10.7. The predicted molar refractivity (Wildman–Crippen MR) is 113 cm³/mol. The van der Waals surface area contributed by atoms with Gasteiger partial charge in [-0.25, -0.2) is 4.79 Å². The van der Waals surface area contributed by atoms with Crippen molar-refractivity contribution in [3.8, 4) is 0 Å². The number of carbonyl (C=O) groups excluding carboxylic acids is 2. The van der Waals surface area contributed by atoms with Crippen LogP contribution in [-0.4, -0.2) is 73.1 Å². The zero-order valence-electron chi connectivity index (χ0n) is 17.6. The highest BCUT2D eigenvalue weighted by atomic mass is 16.2. The maximum absolute atomic E-state index is 13.7. The lowest BCUT2D eigenvalue weighted by Crippen LogP contribution is -2.58. The van der Waals surface area contributed by atoms with Crippen molar-refractivity contribution >= 4 is 17.5 Å². The summed E-state index contributed by atoms with van der Waals surface area (Å²) in [7, 11) is 3.67. The van der Waals surface area contributed by atoms with Gasteiger partial charge in [-0.15, -0.1) is 0 Å². The van der Waals surface area contributed by atoms with E-state index in [1.165, 1.54) is 5.57 Å². The molecule has 2 amide bonds. The number of allylic oxidation sites excluding steroid dienone is 1. The Hall–Kier alpha value is -2.34. The van der Waals surface area contributed by atoms with Crippen molar-refractivity contribution in [1.82, 2.24) is 14.7 Å². The van der Waals surface area contributed by atoms with Crippen LogP contribution in [0.25, 0.3) is 0 Å². The molecule has 4 aliphatic rings. The zero-order chi connectivity index (χ0) is 20.3. The van der Waals surface area contributed by atoms with E-state index in [9.17, 15) is 9.59 Å². The fourth-order valence-corrected chi connectivity index (χ4v) is 6.26. The molecular weight excluding hydrogens is 364 g/mol. The smallest absolute Gasteiger partial charge is 0.322 e. The Morgan fingerprint density at radius 3 is 2.55 bits per heavy atom. The largest absolute Gasteiger partial charge is 0.335 e. The summed E-state index contributed by atoms with van der Waals surface area (Å²) in [5.74, 6) is 0.819. The summed E-state index contributed by atoms with van der Waals surface area (Å²) in [5, 5.41) is 0. The monoisotopic (exact) mass is 394 g/mol. The van der Waals surface area contributed by atoms with Crippen molar-refractivity contribution in [2.24, 2.45) is 5.92 Å². The van der Waals surface area contributed by atoms with Crippen LogP contribution in [0.5, 0.6) is 0 Å². The number of ketones is 1. The van der Waals surface area contributed by atoms with E-state index in [2.05, 4.69) is 41.0 Å². The highest BCUT2D eigenvalue weighted by molar-refractivity contribution is 5.95. The SMILES string of the molecule is C/C=C1/CN2CC[C@]3(c4ccccc4N4CN(C)C(=O)N(C)C4)C(=O)C[C@H]1C[C@H]23. The lowest BCUT2D eigenvalue weighted by atomic mass is 9.60. The van der Waals surface area contributed by atoms with Crippen LogP contribution in [0.2, 0.25) is 0 Å². The molecule has 1 aliphatic carbocycles. The van der Waals surface area contributed by atoms with Crippen LogP contribution >= 0.6 is 0 Å². The molecule has 5 rings (SSSR count). The van der Waals surface area contributed by atoms with Gasteiger partial charge in [0, 0.05) is 45.3 Å². The molecule has 3 heterocycles. The number of urea groups is 1. The first-order chi connectivity index (χ1) is 14.0. The molecule has 3 atom stereocenters. The fourth-order valence-electron chi connectivity index (χ4n) is 6.26. The van der Waals surface area contributed by atoms with E-state index in [0.717, 1.165) is 37.2 Å². The van der Waals surface area contributed by atoms with Crippen molar-refractivity contribution in [2.75, 3.05) is 45.4 Å². The second-order valence-corrected chi connectivity index (χ2v) is 9.15. The van der Waals surface area contributed by atoms with E-state index in [0.29, 0.717) is 37.5 Å². The minimum Gasteiger partial charge on any atom is -0.335 e. The molecule has 2 bridgehead atoms. The Morgan fingerprint density at radius 1 is 1.10 bits per heavy atom. The van der Waals surface area contributed by atoms with Crippen LogP contribution in [0, 0.1) is 5.92 Å². The van der Waals surface area contributed by atoms with Crippen LogP contribution < -0.4 is 4.90 Å². The summed E-state index contributed by atoms with van der Waals surface area (Å²) >= 11 is 0.